The molecule has 100 valence electrons. The van der Waals surface area contributed by atoms with Gasteiger partial charge in [-0.2, -0.15) is 0 Å². The molecule has 0 saturated heterocycles. The van der Waals surface area contributed by atoms with Crippen LogP contribution in [0.4, 0.5) is 10.2 Å². The van der Waals surface area contributed by atoms with Gasteiger partial charge in [-0.15, -0.1) is 0 Å². The largest absolute Gasteiger partial charge is 0.355 e. The maximum Gasteiger partial charge on any atom is 0.128 e. The molecule has 19 heavy (non-hydrogen) atoms. The van der Waals surface area contributed by atoms with Gasteiger partial charge in [0.1, 0.15) is 11.6 Å². The van der Waals surface area contributed by atoms with Crippen molar-refractivity contribution in [1.29, 1.82) is 0 Å². The van der Waals surface area contributed by atoms with Gasteiger partial charge >= 0.3 is 0 Å². The Morgan fingerprint density at radius 2 is 1.89 bits per heavy atom. The molecule has 0 aliphatic heterocycles. The van der Waals surface area contributed by atoms with Gasteiger partial charge in [-0.1, -0.05) is 24.3 Å². The van der Waals surface area contributed by atoms with Crippen molar-refractivity contribution in [3.05, 3.63) is 59.0 Å². The molecule has 0 spiro atoms. The van der Waals surface area contributed by atoms with E-state index in [1.54, 1.807) is 12.1 Å². The van der Waals surface area contributed by atoms with Crippen LogP contribution in [0.15, 0.2) is 36.4 Å². The number of nitrogens with two attached hydrogens (primary N) is 1. The molecule has 0 fully saturated rings. The van der Waals surface area contributed by atoms with Crippen molar-refractivity contribution < 1.29 is 4.39 Å². The molecule has 3 nitrogen and oxygen atoms in total. The van der Waals surface area contributed by atoms with E-state index in [-0.39, 0.29) is 5.82 Å². The highest BCUT2D eigenvalue weighted by atomic mass is 19.1. The lowest BCUT2D eigenvalue weighted by Crippen LogP contribution is -2.19. The second kappa shape index (κ2) is 5.80. The van der Waals surface area contributed by atoms with Gasteiger partial charge in [0.25, 0.3) is 0 Å². The van der Waals surface area contributed by atoms with E-state index in [0.29, 0.717) is 18.7 Å². The molecule has 2 rings (SSSR count). The molecule has 1 aromatic heterocycles. The fourth-order valence-corrected chi connectivity index (χ4v) is 1.97. The predicted molar refractivity (Wildman–Crippen MR) is 75.4 cm³/mol. The molecular weight excluding hydrogens is 241 g/mol. The van der Waals surface area contributed by atoms with Gasteiger partial charge in [-0.25, -0.2) is 9.37 Å². The highest BCUT2D eigenvalue weighted by Gasteiger charge is 2.08. The van der Waals surface area contributed by atoms with E-state index in [2.05, 4.69) is 4.98 Å². The molecule has 2 aromatic rings. The number of aryl methyl sites for hydroxylation is 1. The molecule has 1 aromatic carbocycles. The van der Waals surface area contributed by atoms with E-state index in [1.807, 2.05) is 37.1 Å². The minimum Gasteiger partial charge on any atom is -0.355 e. The fourth-order valence-electron chi connectivity index (χ4n) is 1.97. The summed E-state index contributed by atoms with van der Waals surface area (Å²) in [6.45, 7) is 2.90. The number of hydrogen-bond acceptors (Lipinski definition) is 3. The zero-order chi connectivity index (χ0) is 13.8. The first-order chi connectivity index (χ1) is 9.11. The van der Waals surface area contributed by atoms with E-state index in [0.717, 1.165) is 17.1 Å². The third-order valence-corrected chi connectivity index (χ3v) is 3.16. The lowest BCUT2D eigenvalue weighted by atomic mass is 10.2. The Hall–Kier alpha value is -1.94. The highest BCUT2D eigenvalue weighted by Crippen LogP contribution is 2.17. The first-order valence-corrected chi connectivity index (χ1v) is 6.23. The molecular formula is C15H18FN3. The maximum absolute atomic E-state index is 13.6. The van der Waals surface area contributed by atoms with Crippen molar-refractivity contribution in [3.8, 4) is 0 Å². The maximum atomic E-state index is 13.6. The second-order valence-corrected chi connectivity index (χ2v) is 4.57. The van der Waals surface area contributed by atoms with Crippen LogP contribution in [0, 0.1) is 12.7 Å². The molecule has 0 atom stereocenters. The van der Waals surface area contributed by atoms with E-state index < -0.39 is 0 Å². The topological polar surface area (TPSA) is 42.2 Å². The molecule has 0 bridgehead atoms. The van der Waals surface area contributed by atoms with Crippen LogP contribution in [-0.4, -0.2) is 12.0 Å². The second-order valence-electron chi connectivity index (χ2n) is 4.57. The average molecular weight is 259 g/mol. The van der Waals surface area contributed by atoms with E-state index >= 15 is 0 Å². The summed E-state index contributed by atoms with van der Waals surface area (Å²) in [5, 5.41) is 0. The number of hydrogen-bond donors (Lipinski definition) is 1. The first kappa shape index (κ1) is 13.5. The van der Waals surface area contributed by atoms with Crippen molar-refractivity contribution in [2.75, 3.05) is 11.9 Å². The number of rotatable bonds is 4. The highest BCUT2D eigenvalue weighted by molar-refractivity contribution is 5.41. The van der Waals surface area contributed by atoms with Crippen LogP contribution in [0.25, 0.3) is 0 Å². The Morgan fingerprint density at radius 1 is 1.16 bits per heavy atom. The van der Waals surface area contributed by atoms with Gasteiger partial charge in [-0.3, -0.25) is 0 Å². The van der Waals surface area contributed by atoms with Crippen molar-refractivity contribution in [3.63, 3.8) is 0 Å². The Bertz CT molecular complexity index is 569. The van der Waals surface area contributed by atoms with Crippen LogP contribution in [0.1, 0.15) is 16.8 Å². The van der Waals surface area contributed by atoms with Gasteiger partial charge in [0.05, 0.1) is 0 Å². The standard InChI is InChI=1S/C15H18FN3/c1-11-12(9-17)7-8-15(18-11)19(2)10-13-5-3-4-6-14(13)16/h3-8H,9-10,17H2,1-2H3. The monoisotopic (exact) mass is 259 g/mol. The lowest BCUT2D eigenvalue weighted by molar-refractivity contribution is 0.607. The van der Waals surface area contributed by atoms with E-state index in [1.165, 1.54) is 6.07 Å². The number of aromatic nitrogens is 1. The van der Waals surface area contributed by atoms with Gasteiger partial charge in [0.2, 0.25) is 0 Å². The zero-order valence-electron chi connectivity index (χ0n) is 11.2. The molecule has 0 amide bonds. The summed E-state index contributed by atoms with van der Waals surface area (Å²) in [5.41, 5.74) is 8.22. The van der Waals surface area contributed by atoms with Crippen LogP contribution in [0.5, 0.6) is 0 Å². The Kier molecular flexibility index (Phi) is 4.12. The molecule has 0 radical (unpaired) electrons. The lowest BCUT2D eigenvalue weighted by Gasteiger charge is -2.19. The van der Waals surface area contributed by atoms with Gasteiger partial charge < -0.3 is 10.6 Å². The molecule has 2 N–H and O–H groups in total. The number of anilines is 1. The fraction of sp³-hybridized carbons (Fsp3) is 0.267. The Morgan fingerprint density at radius 3 is 2.53 bits per heavy atom. The third-order valence-electron chi connectivity index (χ3n) is 3.16. The van der Waals surface area contributed by atoms with Crippen molar-refractivity contribution in [1.82, 2.24) is 4.98 Å². The number of benzene rings is 1. The predicted octanol–water partition coefficient (Wildman–Crippen LogP) is 2.62. The number of pyridine rings is 1. The summed E-state index contributed by atoms with van der Waals surface area (Å²) in [7, 11) is 1.90. The van der Waals surface area contributed by atoms with Gasteiger partial charge in [0.15, 0.2) is 0 Å². The molecule has 0 aliphatic carbocycles. The molecule has 0 aliphatic rings. The molecule has 4 heteroatoms. The van der Waals surface area contributed by atoms with Crippen LogP contribution in [-0.2, 0) is 13.1 Å². The molecule has 0 unspecified atom stereocenters. The van der Waals surface area contributed by atoms with E-state index in [4.69, 9.17) is 5.73 Å². The summed E-state index contributed by atoms with van der Waals surface area (Å²) in [4.78, 5) is 6.42. The number of nitrogens with zero attached hydrogens (tertiary/aromatic N) is 2. The summed E-state index contributed by atoms with van der Waals surface area (Å²) < 4.78 is 13.6. The van der Waals surface area contributed by atoms with Crippen LogP contribution in [0.2, 0.25) is 0 Å². The zero-order valence-corrected chi connectivity index (χ0v) is 11.2. The smallest absolute Gasteiger partial charge is 0.128 e. The normalized spacial score (nSPS) is 10.5. The first-order valence-electron chi connectivity index (χ1n) is 6.23. The van der Waals surface area contributed by atoms with Crippen LogP contribution < -0.4 is 10.6 Å². The van der Waals surface area contributed by atoms with Crippen molar-refractivity contribution >= 4 is 5.82 Å². The minimum atomic E-state index is -0.190. The minimum absolute atomic E-state index is 0.190. The van der Waals surface area contributed by atoms with Crippen LogP contribution >= 0.6 is 0 Å². The quantitative estimate of drug-likeness (QED) is 0.917. The SMILES string of the molecule is Cc1nc(N(C)Cc2ccccc2F)ccc1CN. The third kappa shape index (κ3) is 3.09. The average Bonchev–Trinajstić information content (AvgIpc) is 2.41. The Labute approximate surface area is 112 Å². The van der Waals surface area contributed by atoms with Gasteiger partial charge in [0, 0.05) is 31.4 Å². The summed E-state index contributed by atoms with van der Waals surface area (Å²) in [6, 6.07) is 10.7. The summed E-state index contributed by atoms with van der Waals surface area (Å²) >= 11 is 0. The number of halogens is 1. The van der Waals surface area contributed by atoms with Crippen molar-refractivity contribution in [2.45, 2.75) is 20.0 Å². The molecule has 1 heterocycles. The van der Waals surface area contributed by atoms with E-state index in [9.17, 15) is 4.39 Å². The summed E-state index contributed by atoms with van der Waals surface area (Å²) in [5.74, 6) is 0.627. The van der Waals surface area contributed by atoms with Crippen LogP contribution in [0.3, 0.4) is 0 Å². The van der Waals surface area contributed by atoms with Crippen molar-refractivity contribution in [2.24, 2.45) is 5.73 Å². The summed E-state index contributed by atoms with van der Waals surface area (Å²) in [6.07, 6.45) is 0. The molecule has 0 saturated carbocycles. The Balaban J connectivity index is 2.18. The van der Waals surface area contributed by atoms with Gasteiger partial charge in [-0.05, 0) is 24.6 Å².